The van der Waals surface area contributed by atoms with Crippen molar-refractivity contribution in [2.24, 2.45) is 11.1 Å². The van der Waals surface area contributed by atoms with Crippen LogP contribution in [0, 0.1) is 5.41 Å². The van der Waals surface area contributed by atoms with Gasteiger partial charge >= 0.3 is 0 Å². The summed E-state index contributed by atoms with van der Waals surface area (Å²) in [7, 11) is 2.13. The molecule has 2 N–H and O–H groups in total. The van der Waals surface area contributed by atoms with Gasteiger partial charge in [0.25, 0.3) is 0 Å². The zero-order valence-electron chi connectivity index (χ0n) is 13.2. The monoisotopic (exact) mass is 288 g/mol. The maximum Gasteiger partial charge on any atom is 0.143 e. The van der Waals surface area contributed by atoms with Crippen molar-refractivity contribution in [3.05, 3.63) is 36.2 Å². The van der Waals surface area contributed by atoms with Gasteiger partial charge in [-0.2, -0.15) is 0 Å². The molecule has 0 radical (unpaired) electrons. The van der Waals surface area contributed by atoms with Gasteiger partial charge in [0, 0.05) is 12.6 Å². The van der Waals surface area contributed by atoms with Crippen molar-refractivity contribution < 1.29 is 0 Å². The van der Waals surface area contributed by atoms with Crippen LogP contribution in [-0.2, 0) is 0 Å². The molecule has 0 fully saturated rings. The zero-order chi connectivity index (χ0) is 15.5. The molecule has 1 aromatic carbocycles. The summed E-state index contributed by atoms with van der Waals surface area (Å²) in [5.41, 5.74) is 8.14. The predicted molar refractivity (Wildman–Crippen MR) is 83.0 cm³/mol. The SMILES string of the molecule is CC(c1cccc(-n2cnnn2)c1)N(C)CC(C)(C)CN. The lowest BCUT2D eigenvalue weighted by molar-refractivity contribution is 0.174. The molecule has 1 heterocycles. The highest BCUT2D eigenvalue weighted by molar-refractivity contribution is 5.35. The highest BCUT2D eigenvalue weighted by Gasteiger charge is 2.21. The summed E-state index contributed by atoms with van der Waals surface area (Å²) in [5.74, 6) is 0. The van der Waals surface area contributed by atoms with Crippen LogP contribution in [0.1, 0.15) is 32.4 Å². The van der Waals surface area contributed by atoms with E-state index in [0.717, 1.165) is 12.2 Å². The van der Waals surface area contributed by atoms with Gasteiger partial charge in [-0.05, 0) is 54.1 Å². The number of tetrazole rings is 1. The van der Waals surface area contributed by atoms with Crippen LogP contribution < -0.4 is 5.73 Å². The molecule has 0 aliphatic rings. The van der Waals surface area contributed by atoms with Crippen molar-refractivity contribution in [1.29, 1.82) is 0 Å². The van der Waals surface area contributed by atoms with E-state index in [9.17, 15) is 0 Å². The molecule has 0 saturated heterocycles. The van der Waals surface area contributed by atoms with E-state index in [2.05, 4.69) is 60.4 Å². The average molecular weight is 288 g/mol. The topological polar surface area (TPSA) is 72.9 Å². The normalized spacial score (nSPS) is 13.6. The molecule has 1 atom stereocenters. The Hall–Kier alpha value is -1.79. The Bertz CT molecular complexity index is 563. The standard InChI is InChI=1S/C15H24N6/c1-12(20(4)10-15(2,3)9-16)13-6-5-7-14(8-13)21-11-17-18-19-21/h5-8,11-12H,9-10,16H2,1-4H3. The van der Waals surface area contributed by atoms with Crippen molar-refractivity contribution in [3.8, 4) is 5.69 Å². The molecule has 0 saturated carbocycles. The molecule has 6 heteroatoms. The van der Waals surface area contributed by atoms with E-state index in [-0.39, 0.29) is 5.41 Å². The minimum Gasteiger partial charge on any atom is -0.330 e. The van der Waals surface area contributed by atoms with Crippen molar-refractivity contribution in [2.75, 3.05) is 20.1 Å². The van der Waals surface area contributed by atoms with Crippen molar-refractivity contribution in [3.63, 3.8) is 0 Å². The predicted octanol–water partition coefficient (Wildman–Crippen LogP) is 1.64. The lowest BCUT2D eigenvalue weighted by atomic mass is 9.92. The minimum absolute atomic E-state index is 0.108. The Kier molecular flexibility index (Phi) is 4.69. The van der Waals surface area contributed by atoms with Crippen LogP contribution >= 0.6 is 0 Å². The van der Waals surface area contributed by atoms with Crippen LogP contribution in [0.15, 0.2) is 30.6 Å². The minimum atomic E-state index is 0.108. The van der Waals surface area contributed by atoms with E-state index < -0.39 is 0 Å². The second-order valence-corrected chi connectivity index (χ2v) is 6.31. The van der Waals surface area contributed by atoms with E-state index in [1.165, 1.54) is 5.56 Å². The van der Waals surface area contributed by atoms with Crippen LogP contribution in [0.25, 0.3) is 5.69 Å². The first-order valence-corrected chi connectivity index (χ1v) is 7.16. The molecule has 114 valence electrons. The lowest BCUT2D eigenvalue weighted by Gasteiger charge is -2.33. The summed E-state index contributed by atoms with van der Waals surface area (Å²) < 4.78 is 1.67. The number of nitrogens with zero attached hydrogens (tertiary/aromatic N) is 5. The Morgan fingerprint density at radius 3 is 2.76 bits per heavy atom. The number of rotatable bonds is 6. The molecular formula is C15H24N6. The summed E-state index contributed by atoms with van der Waals surface area (Å²) in [6, 6.07) is 8.57. The number of aromatic nitrogens is 4. The molecule has 2 rings (SSSR count). The molecule has 6 nitrogen and oxygen atoms in total. The van der Waals surface area contributed by atoms with Gasteiger partial charge in [-0.15, -0.1) is 5.10 Å². The first-order valence-electron chi connectivity index (χ1n) is 7.16. The van der Waals surface area contributed by atoms with Gasteiger partial charge in [0.2, 0.25) is 0 Å². The second-order valence-electron chi connectivity index (χ2n) is 6.31. The van der Waals surface area contributed by atoms with Crippen molar-refractivity contribution in [2.45, 2.75) is 26.8 Å². The summed E-state index contributed by atoms with van der Waals surface area (Å²) in [6.45, 7) is 8.20. The van der Waals surface area contributed by atoms with E-state index >= 15 is 0 Å². The Morgan fingerprint density at radius 2 is 2.14 bits per heavy atom. The Morgan fingerprint density at radius 1 is 1.38 bits per heavy atom. The van der Waals surface area contributed by atoms with Gasteiger partial charge in [0.05, 0.1) is 5.69 Å². The van der Waals surface area contributed by atoms with E-state index in [0.29, 0.717) is 12.6 Å². The fraction of sp³-hybridized carbons (Fsp3) is 0.533. The lowest BCUT2D eigenvalue weighted by Crippen LogP contribution is -2.37. The summed E-state index contributed by atoms with van der Waals surface area (Å²) in [6.07, 6.45) is 1.60. The van der Waals surface area contributed by atoms with Gasteiger partial charge in [-0.1, -0.05) is 26.0 Å². The molecule has 0 bridgehead atoms. The van der Waals surface area contributed by atoms with E-state index in [1.807, 2.05) is 12.1 Å². The largest absolute Gasteiger partial charge is 0.330 e. The third-order valence-corrected chi connectivity index (χ3v) is 3.86. The summed E-state index contributed by atoms with van der Waals surface area (Å²) in [4.78, 5) is 2.32. The van der Waals surface area contributed by atoms with Crippen molar-refractivity contribution >= 4 is 0 Å². The maximum atomic E-state index is 5.83. The van der Waals surface area contributed by atoms with Crippen LogP contribution in [0.5, 0.6) is 0 Å². The van der Waals surface area contributed by atoms with Crippen LogP contribution in [0.4, 0.5) is 0 Å². The van der Waals surface area contributed by atoms with Gasteiger partial charge in [-0.25, -0.2) is 4.68 Å². The fourth-order valence-electron chi connectivity index (χ4n) is 2.34. The highest BCUT2D eigenvalue weighted by Crippen LogP contribution is 2.24. The fourth-order valence-corrected chi connectivity index (χ4v) is 2.34. The second kappa shape index (κ2) is 6.32. The van der Waals surface area contributed by atoms with Gasteiger partial charge in [0.1, 0.15) is 6.33 Å². The van der Waals surface area contributed by atoms with Crippen LogP contribution in [0.3, 0.4) is 0 Å². The smallest absolute Gasteiger partial charge is 0.143 e. The van der Waals surface area contributed by atoms with Gasteiger partial charge in [-0.3, -0.25) is 4.90 Å². The first kappa shape index (κ1) is 15.6. The third-order valence-electron chi connectivity index (χ3n) is 3.86. The molecular weight excluding hydrogens is 264 g/mol. The first-order chi connectivity index (χ1) is 9.93. The third kappa shape index (κ3) is 3.86. The van der Waals surface area contributed by atoms with E-state index in [1.54, 1.807) is 11.0 Å². The number of nitrogens with two attached hydrogens (primary N) is 1. The maximum absolute atomic E-state index is 5.83. The molecule has 0 amide bonds. The molecule has 1 aromatic heterocycles. The highest BCUT2D eigenvalue weighted by atomic mass is 15.5. The van der Waals surface area contributed by atoms with Crippen LogP contribution in [-0.4, -0.2) is 45.2 Å². The number of benzene rings is 1. The quantitative estimate of drug-likeness (QED) is 0.875. The van der Waals surface area contributed by atoms with Crippen LogP contribution in [0.2, 0.25) is 0 Å². The van der Waals surface area contributed by atoms with Gasteiger partial charge < -0.3 is 5.73 Å². The Labute approximate surface area is 125 Å². The molecule has 21 heavy (non-hydrogen) atoms. The van der Waals surface area contributed by atoms with Gasteiger partial charge in [0.15, 0.2) is 0 Å². The van der Waals surface area contributed by atoms with Crippen molar-refractivity contribution in [1.82, 2.24) is 25.1 Å². The zero-order valence-corrected chi connectivity index (χ0v) is 13.2. The molecule has 1 unspecified atom stereocenters. The Balaban J connectivity index is 2.16. The molecule has 0 aliphatic carbocycles. The number of hydrogen-bond donors (Lipinski definition) is 1. The summed E-state index contributed by atoms with van der Waals surface area (Å²) in [5, 5.41) is 11.3. The number of hydrogen-bond acceptors (Lipinski definition) is 5. The molecule has 2 aromatic rings. The molecule has 0 spiro atoms. The molecule has 0 aliphatic heterocycles. The van der Waals surface area contributed by atoms with E-state index in [4.69, 9.17) is 5.73 Å². The average Bonchev–Trinajstić information content (AvgIpc) is 3.00. The summed E-state index contributed by atoms with van der Waals surface area (Å²) >= 11 is 0.